The normalized spacial score (nSPS) is 15.8. The lowest BCUT2D eigenvalue weighted by Gasteiger charge is -2.18. The van der Waals surface area contributed by atoms with Crippen molar-refractivity contribution in [3.63, 3.8) is 0 Å². The molecule has 5 heteroatoms. The van der Waals surface area contributed by atoms with Crippen LogP contribution in [-0.4, -0.2) is 20.3 Å². The molecule has 96 valence electrons. The average Bonchev–Trinajstić information content (AvgIpc) is 3.13. The van der Waals surface area contributed by atoms with Crippen LogP contribution in [0.25, 0.3) is 0 Å². The molecule has 0 amide bonds. The monoisotopic (exact) mass is 311 g/mol. The van der Waals surface area contributed by atoms with E-state index in [2.05, 4.69) is 20.9 Å². The summed E-state index contributed by atoms with van der Waals surface area (Å²) < 4.78 is 11.5. The van der Waals surface area contributed by atoms with Crippen LogP contribution in [0.2, 0.25) is 0 Å². The molecule has 0 unspecified atom stereocenters. The van der Waals surface area contributed by atoms with E-state index in [-0.39, 0.29) is 0 Å². The molecule has 0 N–H and O–H groups in total. The molecule has 0 atom stereocenters. The lowest BCUT2D eigenvalue weighted by atomic mass is 9.99. The number of rotatable bonds is 4. The average molecular weight is 312 g/mol. The predicted octanol–water partition coefficient (Wildman–Crippen LogP) is 3.10. The Kier molecular flexibility index (Phi) is 3.46. The molecule has 4 nitrogen and oxygen atoms in total. The third kappa shape index (κ3) is 1.93. The van der Waals surface area contributed by atoms with E-state index in [1.54, 1.807) is 20.3 Å². The number of isocyanates is 1. The first-order chi connectivity index (χ1) is 8.59. The Bertz CT molecular complexity index is 532. The summed E-state index contributed by atoms with van der Waals surface area (Å²) in [4.78, 5) is 14.5. The molecule has 1 fully saturated rings. The number of benzene rings is 1. The molecule has 0 spiro atoms. The smallest absolute Gasteiger partial charge is 0.235 e. The van der Waals surface area contributed by atoms with Gasteiger partial charge >= 0.3 is 0 Å². The Morgan fingerprint density at radius 2 is 2.06 bits per heavy atom. The molecule has 2 rings (SSSR count). The topological polar surface area (TPSA) is 47.9 Å². The summed E-state index contributed by atoms with van der Waals surface area (Å²) >= 11 is 3.51. The summed E-state index contributed by atoms with van der Waals surface area (Å²) in [5, 5.41) is 0. The number of hydrogen-bond donors (Lipinski definition) is 0. The minimum Gasteiger partial charge on any atom is -0.493 e. The van der Waals surface area contributed by atoms with Crippen molar-refractivity contribution in [2.24, 2.45) is 4.99 Å². The molecule has 1 aliphatic carbocycles. The molecular formula is C13H14BrNO3. The molecule has 0 bridgehead atoms. The van der Waals surface area contributed by atoms with Crippen molar-refractivity contribution in [1.29, 1.82) is 0 Å². The Morgan fingerprint density at radius 1 is 1.39 bits per heavy atom. The van der Waals surface area contributed by atoms with Gasteiger partial charge in [0.25, 0.3) is 0 Å². The predicted molar refractivity (Wildman–Crippen MR) is 71.0 cm³/mol. The van der Waals surface area contributed by atoms with E-state index in [1.807, 2.05) is 13.0 Å². The number of methoxy groups -OCH3 is 2. The third-order valence-corrected chi connectivity index (χ3v) is 4.30. The largest absolute Gasteiger partial charge is 0.493 e. The van der Waals surface area contributed by atoms with Gasteiger partial charge in [-0.3, -0.25) is 0 Å². The quantitative estimate of drug-likeness (QED) is 0.634. The molecule has 1 aromatic carbocycles. The zero-order valence-electron chi connectivity index (χ0n) is 10.5. The molecule has 0 aromatic heterocycles. The highest BCUT2D eigenvalue weighted by Gasteiger charge is 2.46. The summed E-state index contributed by atoms with van der Waals surface area (Å²) in [5.41, 5.74) is 1.60. The molecular weight excluding hydrogens is 298 g/mol. The van der Waals surface area contributed by atoms with Crippen molar-refractivity contribution < 1.29 is 14.3 Å². The highest BCUT2D eigenvalue weighted by Crippen LogP contribution is 2.54. The van der Waals surface area contributed by atoms with Gasteiger partial charge in [-0.25, -0.2) is 4.79 Å². The molecule has 1 aromatic rings. The molecule has 0 saturated heterocycles. The van der Waals surface area contributed by atoms with Gasteiger partial charge in [-0.15, -0.1) is 0 Å². The molecule has 1 saturated carbocycles. The minimum atomic E-state index is -0.409. The second-order valence-corrected chi connectivity index (χ2v) is 5.13. The van der Waals surface area contributed by atoms with Crippen molar-refractivity contribution >= 4 is 22.0 Å². The second kappa shape index (κ2) is 4.75. The Balaban J connectivity index is 2.63. The Morgan fingerprint density at radius 3 is 2.50 bits per heavy atom. The van der Waals surface area contributed by atoms with Crippen LogP contribution in [0, 0.1) is 6.92 Å². The maximum absolute atomic E-state index is 10.5. The van der Waals surface area contributed by atoms with Crippen LogP contribution < -0.4 is 9.47 Å². The molecule has 18 heavy (non-hydrogen) atoms. The van der Waals surface area contributed by atoms with E-state index in [1.165, 1.54) is 0 Å². The first-order valence-corrected chi connectivity index (χ1v) is 6.39. The number of aliphatic imine (C=N–C) groups is 1. The highest BCUT2D eigenvalue weighted by molar-refractivity contribution is 9.10. The molecule has 0 aliphatic heterocycles. The minimum absolute atomic E-state index is 0.409. The second-order valence-electron chi connectivity index (χ2n) is 4.33. The van der Waals surface area contributed by atoms with Crippen LogP contribution in [-0.2, 0) is 10.3 Å². The van der Waals surface area contributed by atoms with E-state index in [0.29, 0.717) is 11.5 Å². The van der Waals surface area contributed by atoms with Gasteiger partial charge in [0.2, 0.25) is 6.08 Å². The van der Waals surface area contributed by atoms with Gasteiger partial charge in [-0.05, 0) is 52.9 Å². The van der Waals surface area contributed by atoms with Crippen LogP contribution >= 0.6 is 15.9 Å². The molecule has 1 aliphatic rings. The Labute approximate surface area is 114 Å². The van der Waals surface area contributed by atoms with Gasteiger partial charge < -0.3 is 9.47 Å². The van der Waals surface area contributed by atoms with E-state index in [4.69, 9.17) is 9.47 Å². The maximum Gasteiger partial charge on any atom is 0.235 e. The zero-order chi connectivity index (χ0) is 13.3. The van der Waals surface area contributed by atoms with Crippen LogP contribution in [0.5, 0.6) is 11.5 Å². The number of halogens is 1. The summed E-state index contributed by atoms with van der Waals surface area (Å²) in [7, 11) is 3.18. The highest BCUT2D eigenvalue weighted by atomic mass is 79.9. The van der Waals surface area contributed by atoms with Crippen molar-refractivity contribution in [3.8, 4) is 11.5 Å². The standard InChI is InChI=1S/C13H14BrNO3/c1-8-9(13(4-5-13)15-7-16)6-10(17-2)12(18-3)11(8)14/h6H,4-5H2,1-3H3. The fraction of sp³-hybridized carbons (Fsp3) is 0.462. The van der Waals surface area contributed by atoms with E-state index >= 15 is 0 Å². The van der Waals surface area contributed by atoms with Gasteiger partial charge in [0.1, 0.15) is 0 Å². The lowest BCUT2D eigenvalue weighted by molar-refractivity contribution is 0.352. The third-order valence-electron chi connectivity index (χ3n) is 3.34. The molecule has 0 heterocycles. The van der Waals surface area contributed by atoms with Gasteiger partial charge in [-0.1, -0.05) is 0 Å². The van der Waals surface area contributed by atoms with Crippen LogP contribution in [0.1, 0.15) is 24.0 Å². The summed E-state index contributed by atoms with van der Waals surface area (Å²) in [6, 6.07) is 1.90. The first-order valence-electron chi connectivity index (χ1n) is 5.60. The maximum atomic E-state index is 10.5. The first kappa shape index (κ1) is 13.1. The number of hydrogen-bond acceptors (Lipinski definition) is 4. The summed E-state index contributed by atoms with van der Waals surface area (Å²) in [5.74, 6) is 1.29. The lowest BCUT2D eigenvalue weighted by Crippen LogP contribution is -2.07. The van der Waals surface area contributed by atoms with Gasteiger partial charge in [0, 0.05) is 0 Å². The van der Waals surface area contributed by atoms with Crippen molar-refractivity contribution in [2.45, 2.75) is 25.3 Å². The van der Waals surface area contributed by atoms with E-state index < -0.39 is 5.54 Å². The number of nitrogens with zero attached hydrogens (tertiary/aromatic N) is 1. The van der Waals surface area contributed by atoms with Crippen molar-refractivity contribution in [2.75, 3.05) is 14.2 Å². The number of ether oxygens (including phenoxy) is 2. The van der Waals surface area contributed by atoms with Crippen molar-refractivity contribution in [3.05, 3.63) is 21.7 Å². The van der Waals surface area contributed by atoms with Gasteiger partial charge in [0.05, 0.1) is 24.2 Å². The number of carbonyl (C=O) groups excluding carboxylic acids is 1. The molecule has 0 radical (unpaired) electrons. The van der Waals surface area contributed by atoms with Gasteiger partial charge in [0.15, 0.2) is 11.5 Å². The van der Waals surface area contributed by atoms with Crippen LogP contribution in [0.3, 0.4) is 0 Å². The van der Waals surface area contributed by atoms with Gasteiger partial charge in [-0.2, -0.15) is 4.99 Å². The fourth-order valence-corrected chi connectivity index (χ4v) is 2.74. The summed E-state index contributed by atoms with van der Waals surface area (Å²) in [6.45, 7) is 1.97. The van der Waals surface area contributed by atoms with E-state index in [0.717, 1.165) is 28.4 Å². The van der Waals surface area contributed by atoms with Crippen molar-refractivity contribution in [1.82, 2.24) is 0 Å². The SMILES string of the molecule is COc1cc(C2(N=C=O)CC2)c(C)c(Br)c1OC. The summed E-state index contributed by atoms with van der Waals surface area (Å²) in [6.07, 6.45) is 3.40. The van der Waals surface area contributed by atoms with E-state index in [9.17, 15) is 4.79 Å². The Hall–Kier alpha value is -1.32. The van der Waals surface area contributed by atoms with Crippen LogP contribution in [0.15, 0.2) is 15.5 Å². The zero-order valence-corrected chi connectivity index (χ0v) is 12.1. The van der Waals surface area contributed by atoms with Crippen LogP contribution in [0.4, 0.5) is 0 Å². The fourth-order valence-electron chi connectivity index (χ4n) is 2.17.